The van der Waals surface area contributed by atoms with Crippen molar-refractivity contribution >= 4 is 37.7 Å². The Bertz CT molecular complexity index is 1230. The van der Waals surface area contributed by atoms with E-state index in [1.54, 1.807) is 31.2 Å². The first-order valence-electron chi connectivity index (χ1n) is 14.1. The van der Waals surface area contributed by atoms with Gasteiger partial charge in [0.2, 0.25) is 0 Å². The maximum absolute atomic E-state index is 14.0. The third-order valence-corrected chi connectivity index (χ3v) is 8.27. The summed E-state index contributed by atoms with van der Waals surface area (Å²) >= 11 is 12.1. The van der Waals surface area contributed by atoms with Crippen molar-refractivity contribution in [3.05, 3.63) is 63.1 Å². The monoisotopic (exact) mass is 665 g/mol. The molecule has 2 aromatic carbocycles. The Kier molecular flexibility index (Phi) is 12.2. The third kappa shape index (κ3) is 12.4. The summed E-state index contributed by atoms with van der Waals surface area (Å²) in [4.78, 5) is 4.68. The van der Waals surface area contributed by atoms with Crippen LogP contribution in [0.5, 0.6) is 5.75 Å². The number of alkyl halides is 3. The molecule has 43 heavy (non-hydrogen) atoms. The molecular weight excluding hydrogens is 625 g/mol. The van der Waals surface area contributed by atoms with Crippen LogP contribution in [0.1, 0.15) is 78.0 Å². The van der Waals surface area contributed by atoms with Gasteiger partial charge in [-0.05, 0) is 109 Å². The van der Waals surface area contributed by atoms with Crippen LogP contribution in [0.2, 0.25) is 10.0 Å². The molecule has 1 atom stereocenters. The Labute approximate surface area is 264 Å². The zero-order valence-corrected chi connectivity index (χ0v) is 28.1. The smallest absolute Gasteiger partial charge is 0.419 e. The van der Waals surface area contributed by atoms with Gasteiger partial charge in [-0.2, -0.15) is 13.2 Å². The fourth-order valence-electron chi connectivity index (χ4n) is 4.27. The van der Waals surface area contributed by atoms with E-state index in [4.69, 9.17) is 46.2 Å². The largest absolute Gasteiger partial charge is 0.493 e. The van der Waals surface area contributed by atoms with Crippen molar-refractivity contribution in [1.82, 2.24) is 0 Å². The van der Waals surface area contributed by atoms with Crippen LogP contribution < -0.4 is 4.74 Å². The van der Waals surface area contributed by atoms with Gasteiger partial charge in [-0.25, -0.2) is 4.99 Å². The minimum Gasteiger partial charge on any atom is -0.493 e. The van der Waals surface area contributed by atoms with Crippen molar-refractivity contribution < 1.29 is 36.2 Å². The number of halogens is 5. The maximum atomic E-state index is 14.0. The van der Waals surface area contributed by atoms with Crippen LogP contribution in [0.25, 0.3) is 0 Å². The number of aryl methyl sites for hydroxylation is 2. The second-order valence-electron chi connectivity index (χ2n) is 12.6. The van der Waals surface area contributed by atoms with Gasteiger partial charge in [0.25, 0.3) is 0 Å². The lowest BCUT2D eigenvalue weighted by Crippen LogP contribution is -2.35. The van der Waals surface area contributed by atoms with Crippen molar-refractivity contribution in [2.24, 2.45) is 4.99 Å². The normalized spacial score (nSPS) is 17.7. The zero-order chi connectivity index (χ0) is 32.1. The maximum Gasteiger partial charge on any atom is 0.419 e. The Morgan fingerprint density at radius 1 is 0.907 bits per heavy atom. The average Bonchev–Trinajstić information content (AvgIpc) is 3.22. The van der Waals surface area contributed by atoms with Crippen molar-refractivity contribution in [1.29, 1.82) is 0 Å². The van der Waals surface area contributed by atoms with Crippen molar-refractivity contribution in [2.75, 3.05) is 19.8 Å². The van der Waals surface area contributed by atoms with E-state index >= 15 is 0 Å². The summed E-state index contributed by atoms with van der Waals surface area (Å²) in [5, 5.41) is 1.02. The van der Waals surface area contributed by atoms with Gasteiger partial charge in [-0.1, -0.05) is 29.3 Å². The van der Waals surface area contributed by atoms with Gasteiger partial charge in [-0.15, -0.1) is 0 Å². The molecule has 3 rings (SSSR count). The number of ether oxygens (including phenoxy) is 2. The summed E-state index contributed by atoms with van der Waals surface area (Å²) in [5.41, 5.74) is -1.21. The molecule has 0 N–H and O–H groups in total. The predicted octanol–water partition coefficient (Wildman–Crippen LogP) is 10.0. The standard InChI is InChI=1S/C31H41Cl2F3NO5P/c1-21-37-30(19-39-21,20-40-43(41-28(2,3)4)42-29(5,6)7)13-12-22-10-11-27(26(17-22)31(34,35)36)38-14-8-9-23-15-24(32)18-25(33)16-23/h10-11,15-18H,8-9,12-14,19-20H2,1-7H3. The molecule has 1 unspecified atom stereocenters. The fourth-order valence-corrected chi connectivity index (χ4v) is 6.23. The summed E-state index contributed by atoms with van der Waals surface area (Å²) in [6, 6.07) is 9.36. The molecule has 1 heterocycles. The summed E-state index contributed by atoms with van der Waals surface area (Å²) < 4.78 is 71.6. The van der Waals surface area contributed by atoms with Gasteiger partial charge in [0.1, 0.15) is 17.9 Å². The van der Waals surface area contributed by atoms with Crippen LogP contribution in [0.15, 0.2) is 41.4 Å². The van der Waals surface area contributed by atoms with Crippen LogP contribution in [-0.2, 0) is 37.3 Å². The number of aliphatic imine (C=N–C) groups is 1. The summed E-state index contributed by atoms with van der Waals surface area (Å²) in [7, 11) is -1.72. The first kappa shape index (κ1) is 35.9. The highest BCUT2D eigenvalue weighted by molar-refractivity contribution is 7.41. The highest BCUT2D eigenvalue weighted by Gasteiger charge is 2.39. The van der Waals surface area contributed by atoms with E-state index in [-0.39, 0.29) is 25.6 Å². The molecule has 0 amide bonds. The summed E-state index contributed by atoms with van der Waals surface area (Å²) in [5.74, 6) is 0.293. The van der Waals surface area contributed by atoms with E-state index in [9.17, 15) is 13.2 Å². The van der Waals surface area contributed by atoms with Gasteiger partial charge in [-0.3, -0.25) is 0 Å². The number of hydrogen-bond donors (Lipinski definition) is 0. The number of rotatable bonds is 13. The molecule has 0 radical (unpaired) electrons. The van der Waals surface area contributed by atoms with Gasteiger partial charge in [0.15, 0.2) is 5.90 Å². The van der Waals surface area contributed by atoms with E-state index in [1.165, 1.54) is 6.07 Å². The quantitative estimate of drug-likeness (QED) is 0.157. The number of hydrogen-bond acceptors (Lipinski definition) is 6. The van der Waals surface area contributed by atoms with Gasteiger partial charge in [0, 0.05) is 17.0 Å². The van der Waals surface area contributed by atoms with Crippen LogP contribution in [-0.4, -0.2) is 42.5 Å². The molecule has 0 aromatic heterocycles. The molecule has 0 bridgehead atoms. The van der Waals surface area contributed by atoms with E-state index in [0.717, 1.165) is 11.6 Å². The van der Waals surface area contributed by atoms with Crippen LogP contribution in [0.3, 0.4) is 0 Å². The Balaban J connectivity index is 1.68. The van der Waals surface area contributed by atoms with E-state index in [2.05, 4.69) is 4.99 Å². The number of benzene rings is 2. The highest BCUT2D eigenvalue weighted by Crippen LogP contribution is 2.48. The second kappa shape index (κ2) is 14.7. The molecule has 12 heteroatoms. The summed E-state index contributed by atoms with van der Waals surface area (Å²) in [6.45, 7) is 13.7. The zero-order valence-electron chi connectivity index (χ0n) is 25.7. The molecule has 240 valence electrons. The average molecular weight is 667 g/mol. The molecule has 6 nitrogen and oxygen atoms in total. The van der Waals surface area contributed by atoms with Gasteiger partial charge in [0.05, 0.1) is 30.0 Å². The molecule has 1 aliphatic heterocycles. The lowest BCUT2D eigenvalue weighted by molar-refractivity contribution is -0.139. The molecule has 0 aliphatic carbocycles. The fraction of sp³-hybridized carbons (Fsp3) is 0.581. The van der Waals surface area contributed by atoms with E-state index in [0.29, 0.717) is 47.2 Å². The molecule has 0 saturated carbocycles. The third-order valence-electron chi connectivity index (χ3n) is 6.10. The second-order valence-corrected chi connectivity index (χ2v) is 14.5. The minimum atomic E-state index is -4.58. The lowest BCUT2D eigenvalue weighted by atomic mass is 9.93. The molecule has 0 spiro atoms. The Hall–Kier alpha value is -1.61. The molecule has 0 saturated heterocycles. The Morgan fingerprint density at radius 2 is 1.53 bits per heavy atom. The van der Waals surface area contributed by atoms with Crippen LogP contribution in [0.4, 0.5) is 13.2 Å². The molecular formula is C31H41Cl2F3NO5P. The first-order valence-corrected chi connectivity index (χ1v) is 16.0. The van der Waals surface area contributed by atoms with Gasteiger partial charge < -0.3 is 23.0 Å². The van der Waals surface area contributed by atoms with Crippen molar-refractivity contribution in [3.8, 4) is 5.75 Å². The number of nitrogens with zero attached hydrogens (tertiary/aromatic N) is 1. The topological polar surface area (TPSA) is 58.5 Å². The van der Waals surface area contributed by atoms with Crippen molar-refractivity contribution in [2.45, 2.75) is 97.1 Å². The lowest BCUT2D eigenvalue weighted by Gasteiger charge is -2.32. The van der Waals surface area contributed by atoms with E-state index < -0.39 is 37.1 Å². The Morgan fingerprint density at radius 3 is 2.07 bits per heavy atom. The first-order chi connectivity index (χ1) is 19.8. The van der Waals surface area contributed by atoms with Gasteiger partial charge >= 0.3 is 14.8 Å². The van der Waals surface area contributed by atoms with Crippen LogP contribution >= 0.6 is 31.8 Å². The predicted molar refractivity (Wildman–Crippen MR) is 166 cm³/mol. The molecule has 1 aliphatic rings. The SMILES string of the molecule is CC1=NC(CCc2ccc(OCCCc3cc(Cl)cc(Cl)c3)c(C(F)(F)F)c2)(COP(OC(C)(C)C)OC(C)(C)C)CO1. The molecule has 0 fully saturated rings. The highest BCUT2D eigenvalue weighted by atomic mass is 35.5. The minimum absolute atomic E-state index is 0.106. The van der Waals surface area contributed by atoms with Crippen molar-refractivity contribution in [3.63, 3.8) is 0 Å². The van der Waals surface area contributed by atoms with E-state index in [1.807, 2.05) is 41.5 Å². The summed E-state index contributed by atoms with van der Waals surface area (Å²) in [6.07, 6.45) is -2.80. The molecule has 2 aromatic rings. The van der Waals surface area contributed by atoms with Crippen LogP contribution in [0, 0.1) is 0 Å².